The summed E-state index contributed by atoms with van der Waals surface area (Å²) in [6.45, 7) is 7.20. The first-order chi connectivity index (χ1) is 21.4. The first-order valence-corrected chi connectivity index (χ1v) is 28.0. The van der Waals surface area contributed by atoms with E-state index in [9.17, 15) is 26.7 Å². The van der Waals surface area contributed by atoms with E-state index in [0.29, 0.717) is 37.4 Å². The summed E-state index contributed by atoms with van der Waals surface area (Å²) in [5.41, 5.74) is 0. The fraction of sp³-hybridized carbons (Fsp3) is 0.958. The first kappa shape index (κ1) is 43.8. The largest absolute Gasteiger partial charge is 0.500 e. The summed E-state index contributed by atoms with van der Waals surface area (Å²) in [7, 11) is -5.97. The van der Waals surface area contributed by atoms with Gasteiger partial charge in [0.25, 0.3) is 5.91 Å². The predicted molar refractivity (Wildman–Crippen MR) is 170 cm³/mol. The number of carbonyl (C=O) groups is 1. The summed E-state index contributed by atoms with van der Waals surface area (Å²) in [4.78, 5) is 12.0. The second kappa shape index (κ2) is 19.3. The Morgan fingerprint density at radius 1 is 0.891 bits per heavy atom. The molecule has 1 N–H and O–H groups in total. The first-order valence-electron chi connectivity index (χ1n) is 14.9. The highest BCUT2D eigenvalue weighted by molar-refractivity contribution is 7.28. The average molecular weight is 766 g/mol. The van der Waals surface area contributed by atoms with Gasteiger partial charge in [0.1, 0.15) is 6.10 Å². The maximum Gasteiger partial charge on any atom is 0.500 e. The van der Waals surface area contributed by atoms with Gasteiger partial charge in [-0.05, 0) is 57.2 Å². The van der Waals surface area contributed by atoms with Crippen LogP contribution in [-0.4, -0.2) is 135 Å². The molecule has 46 heavy (non-hydrogen) atoms. The molecule has 1 aliphatic heterocycles. The molecule has 6 unspecified atom stereocenters. The van der Waals surface area contributed by atoms with Crippen molar-refractivity contribution in [2.75, 3.05) is 68.8 Å². The lowest BCUT2D eigenvalue weighted by Gasteiger charge is -2.42. The van der Waals surface area contributed by atoms with E-state index in [1.54, 1.807) is 14.2 Å². The Morgan fingerprint density at radius 2 is 1.50 bits per heavy atom. The molecule has 0 aliphatic carbocycles. The molecule has 1 saturated heterocycles. The Labute approximate surface area is 274 Å². The van der Waals surface area contributed by atoms with E-state index >= 15 is 0 Å². The van der Waals surface area contributed by atoms with Crippen molar-refractivity contribution in [1.82, 2.24) is 5.32 Å². The predicted octanol–water partition coefficient (Wildman–Crippen LogP) is 3.83. The molecule has 0 aromatic rings. The zero-order chi connectivity index (χ0) is 35.3. The second-order valence-electron chi connectivity index (χ2n) is 11.5. The number of carbonyl (C=O) groups excluding carboxylic acids is 1. The molecule has 0 bridgehead atoms. The molecule has 0 aromatic heterocycles. The normalized spacial score (nSPS) is 21.5. The number of rotatable bonds is 26. The van der Waals surface area contributed by atoms with Crippen molar-refractivity contribution in [2.45, 2.75) is 81.3 Å². The van der Waals surface area contributed by atoms with E-state index in [2.05, 4.69) is 4.74 Å². The topological polar surface area (TPSA) is 125 Å². The summed E-state index contributed by atoms with van der Waals surface area (Å²) in [6.07, 6.45) is -4.70. The molecule has 1 rings (SSSR count). The highest BCUT2D eigenvalue weighted by atomic mass is 29.3. The van der Waals surface area contributed by atoms with Crippen LogP contribution in [0.2, 0.25) is 50.4 Å². The molecule has 1 aliphatic rings. The monoisotopic (exact) mass is 765 g/mol. The van der Waals surface area contributed by atoms with E-state index in [-0.39, 0.29) is 19.1 Å². The molecule has 1 fully saturated rings. The molecule has 0 radical (unpaired) electrons. The third kappa shape index (κ3) is 13.3. The molecular formula is C24H52F5NO11Si5. The van der Waals surface area contributed by atoms with Crippen molar-refractivity contribution in [3.63, 3.8) is 0 Å². The molecule has 1 amide bonds. The number of hydrogen-bond donors (Lipinski definition) is 1. The maximum absolute atomic E-state index is 14.2. The van der Waals surface area contributed by atoms with Crippen LogP contribution >= 0.6 is 0 Å². The fourth-order valence-electron chi connectivity index (χ4n) is 4.67. The van der Waals surface area contributed by atoms with Gasteiger partial charge in [0.05, 0.1) is 13.2 Å². The molecule has 6 atom stereocenters. The Balaban J connectivity index is 3.03. The zero-order valence-corrected chi connectivity index (χ0v) is 33.5. The third-order valence-corrected chi connectivity index (χ3v) is 33.3. The Kier molecular flexibility index (Phi) is 18.4. The second-order valence-corrected chi connectivity index (χ2v) is 33.2. The van der Waals surface area contributed by atoms with Crippen molar-refractivity contribution >= 4 is 48.2 Å². The number of amides is 1. The summed E-state index contributed by atoms with van der Waals surface area (Å²) in [5.74, 6) is -6.91. The van der Waals surface area contributed by atoms with E-state index in [4.69, 9.17) is 39.8 Å². The van der Waals surface area contributed by atoms with E-state index in [0.717, 1.165) is 13.0 Å². The van der Waals surface area contributed by atoms with Gasteiger partial charge in [0, 0.05) is 54.7 Å². The van der Waals surface area contributed by atoms with Gasteiger partial charge < -0.3 is 45.2 Å². The van der Waals surface area contributed by atoms with Gasteiger partial charge in [-0.25, -0.2) is 4.39 Å². The summed E-state index contributed by atoms with van der Waals surface area (Å²) in [6, 6.07) is 1.91. The number of epoxide rings is 1. The smallest absolute Gasteiger partial charge is 0.439 e. The minimum atomic E-state index is -5.75. The van der Waals surface area contributed by atoms with Crippen LogP contribution in [0.1, 0.15) is 12.8 Å². The number of ether oxygens (including phenoxy) is 3. The van der Waals surface area contributed by atoms with Crippen LogP contribution < -0.4 is 5.32 Å². The van der Waals surface area contributed by atoms with E-state index < -0.39 is 67.1 Å². The molecule has 12 nitrogen and oxygen atoms in total. The van der Waals surface area contributed by atoms with Crippen LogP contribution in [0.25, 0.3) is 0 Å². The molecule has 0 aromatic carbocycles. The van der Waals surface area contributed by atoms with Crippen molar-refractivity contribution in [3.8, 4) is 0 Å². The lowest BCUT2D eigenvalue weighted by atomic mass is 10.2. The van der Waals surface area contributed by atoms with Crippen molar-refractivity contribution in [2.24, 2.45) is 0 Å². The van der Waals surface area contributed by atoms with Gasteiger partial charge in [-0.2, -0.15) is 17.6 Å². The Morgan fingerprint density at radius 3 is 1.98 bits per heavy atom. The molecule has 0 saturated carbocycles. The van der Waals surface area contributed by atoms with Gasteiger partial charge in [0.2, 0.25) is 7.83 Å². The molecule has 274 valence electrons. The number of alkyl halides is 5. The zero-order valence-electron chi connectivity index (χ0n) is 28.3. The molecule has 22 heteroatoms. The van der Waals surface area contributed by atoms with Crippen LogP contribution in [0.3, 0.4) is 0 Å². The van der Waals surface area contributed by atoms with E-state index in [1.165, 1.54) is 21.3 Å². The van der Waals surface area contributed by atoms with Crippen LogP contribution in [0.15, 0.2) is 0 Å². The van der Waals surface area contributed by atoms with Crippen LogP contribution in [0, 0.1) is 0 Å². The minimum absolute atomic E-state index is 0.162. The van der Waals surface area contributed by atoms with Crippen LogP contribution in [0.5, 0.6) is 0 Å². The van der Waals surface area contributed by atoms with Gasteiger partial charge in [-0.1, -0.05) is 0 Å². The van der Waals surface area contributed by atoms with Crippen LogP contribution in [0.4, 0.5) is 22.0 Å². The lowest BCUT2D eigenvalue weighted by molar-refractivity contribution is -0.322. The van der Waals surface area contributed by atoms with Crippen molar-refractivity contribution in [1.29, 1.82) is 0 Å². The summed E-state index contributed by atoms with van der Waals surface area (Å²) < 4.78 is 123. The standard InChI is InChI=1S/C24H52F5NO11Si5/c1-32-43(7,14-11-13-37-18-21-19-38-21)41-44(8,16-17-46(34-3,35-4)36-5)40-42(6)45(9,33-2)15-10-12-30-22(31)23(26,39-20-25)24(27,28)29/h21,42H,10-20H2,1-9H3,(H,30,31). The third-order valence-electron chi connectivity index (χ3n) is 8.11. The van der Waals surface area contributed by atoms with Gasteiger partial charge in [-0.15, -0.1) is 0 Å². The Hall–Kier alpha value is -0.196. The van der Waals surface area contributed by atoms with Gasteiger partial charge >= 0.3 is 38.0 Å². The molecular weight excluding hydrogens is 714 g/mol. The highest BCUT2D eigenvalue weighted by Gasteiger charge is 2.64. The Bertz CT molecular complexity index is 909. The molecule has 0 spiro atoms. The fourth-order valence-corrected chi connectivity index (χ4v) is 28.8. The van der Waals surface area contributed by atoms with Crippen molar-refractivity contribution < 1.29 is 71.3 Å². The number of nitrogens with one attached hydrogen (secondary N) is 1. The number of halogens is 5. The van der Waals surface area contributed by atoms with Crippen molar-refractivity contribution in [3.05, 3.63) is 0 Å². The quantitative estimate of drug-likeness (QED) is 0.0599. The van der Waals surface area contributed by atoms with E-state index in [1.807, 2.05) is 31.5 Å². The van der Waals surface area contributed by atoms with Gasteiger partial charge in [0.15, 0.2) is 15.4 Å². The maximum atomic E-state index is 14.2. The molecule has 1 heterocycles. The lowest BCUT2D eigenvalue weighted by Crippen LogP contribution is -2.60. The summed E-state index contributed by atoms with van der Waals surface area (Å²) in [5, 5.41) is 1.87. The number of hydrogen-bond acceptors (Lipinski definition) is 11. The van der Waals surface area contributed by atoms with Crippen LogP contribution in [-0.2, 0) is 49.4 Å². The van der Waals surface area contributed by atoms with Gasteiger partial charge in [-0.3, -0.25) is 9.53 Å². The summed E-state index contributed by atoms with van der Waals surface area (Å²) >= 11 is 0. The SMILES string of the molecule is CO[Si](C)(CCCOCC1CO1)O[Si](C)(CC[Si](OC)(OC)OC)O[SiH](C)[Si](C)(CCCNC(=O)C(F)(OCF)C(F)(F)F)OC. The minimum Gasteiger partial charge on any atom is -0.439 e. The average Bonchev–Trinajstić information content (AvgIpc) is 3.83. The highest BCUT2D eigenvalue weighted by Crippen LogP contribution is 2.36.